The van der Waals surface area contributed by atoms with E-state index in [-0.39, 0.29) is 23.7 Å². The molecule has 0 saturated heterocycles. The Balaban J connectivity index is 2.45. The van der Waals surface area contributed by atoms with E-state index < -0.39 is 11.7 Å². The summed E-state index contributed by atoms with van der Waals surface area (Å²) in [5.74, 6) is -1.39. The average molecular weight is 269 g/mol. The Hall–Kier alpha value is -2.15. The van der Waals surface area contributed by atoms with Gasteiger partial charge in [-0.3, -0.25) is 9.59 Å². The van der Waals surface area contributed by atoms with Gasteiger partial charge in [0, 0.05) is 19.3 Å². The maximum atomic E-state index is 12.8. The Bertz CT molecular complexity index is 466. The summed E-state index contributed by atoms with van der Waals surface area (Å²) in [6.45, 7) is 0.577. The van der Waals surface area contributed by atoms with E-state index in [1.54, 1.807) is 0 Å². The number of anilines is 1. The number of rotatable bonds is 6. The van der Waals surface area contributed by atoms with Crippen LogP contribution < -0.4 is 16.4 Å². The van der Waals surface area contributed by atoms with Crippen LogP contribution in [-0.2, 0) is 9.53 Å². The molecule has 0 saturated carbocycles. The molecule has 1 aromatic carbocycles. The van der Waals surface area contributed by atoms with E-state index in [0.717, 1.165) is 12.1 Å². The van der Waals surface area contributed by atoms with Gasteiger partial charge in [0.2, 0.25) is 5.91 Å². The quantitative estimate of drug-likeness (QED) is 0.496. The zero-order valence-corrected chi connectivity index (χ0v) is 10.5. The Labute approximate surface area is 110 Å². The van der Waals surface area contributed by atoms with Crippen molar-refractivity contribution in [2.45, 2.75) is 0 Å². The van der Waals surface area contributed by atoms with Crippen molar-refractivity contribution < 1.29 is 18.7 Å². The van der Waals surface area contributed by atoms with E-state index in [9.17, 15) is 14.0 Å². The van der Waals surface area contributed by atoms with Crippen LogP contribution in [0.5, 0.6) is 0 Å². The van der Waals surface area contributed by atoms with Crippen molar-refractivity contribution in [2.75, 3.05) is 32.5 Å². The van der Waals surface area contributed by atoms with Crippen LogP contribution in [0.1, 0.15) is 10.4 Å². The molecule has 0 aromatic heterocycles. The highest BCUT2D eigenvalue weighted by Crippen LogP contribution is 2.12. The fourth-order valence-corrected chi connectivity index (χ4v) is 1.35. The molecule has 104 valence electrons. The number of carbonyl (C=O) groups excluding carboxylic acids is 2. The number of benzene rings is 1. The Morgan fingerprint density at radius 3 is 2.74 bits per heavy atom. The van der Waals surface area contributed by atoms with Gasteiger partial charge in [0.25, 0.3) is 5.91 Å². The zero-order valence-electron chi connectivity index (χ0n) is 10.5. The summed E-state index contributed by atoms with van der Waals surface area (Å²) in [5, 5.41) is 4.94. The van der Waals surface area contributed by atoms with Gasteiger partial charge in [0.05, 0.1) is 18.7 Å². The summed E-state index contributed by atoms with van der Waals surface area (Å²) in [4.78, 5) is 23.0. The van der Waals surface area contributed by atoms with Crippen molar-refractivity contribution in [1.82, 2.24) is 10.6 Å². The summed E-state index contributed by atoms with van der Waals surface area (Å²) in [7, 11) is 1.52. The number of halogens is 1. The molecule has 19 heavy (non-hydrogen) atoms. The monoisotopic (exact) mass is 269 g/mol. The summed E-state index contributed by atoms with van der Waals surface area (Å²) in [6, 6.07) is 3.44. The molecular formula is C12H16FN3O3. The van der Waals surface area contributed by atoms with Gasteiger partial charge >= 0.3 is 0 Å². The fraction of sp³-hybridized carbons (Fsp3) is 0.333. The molecule has 0 aliphatic rings. The highest BCUT2D eigenvalue weighted by atomic mass is 19.1. The van der Waals surface area contributed by atoms with Crippen molar-refractivity contribution in [1.29, 1.82) is 0 Å². The number of carbonyl (C=O) groups is 2. The topological polar surface area (TPSA) is 93.5 Å². The van der Waals surface area contributed by atoms with Gasteiger partial charge in [-0.1, -0.05) is 0 Å². The van der Waals surface area contributed by atoms with Crippen LogP contribution in [0, 0.1) is 5.82 Å². The molecule has 6 nitrogen and oxygen atoms in total. The van der Waals surface area contributed by atoms with Crippen LogP contribution in [0.4, 0.5) is 10.1 Å². The first-order chi connectivity index (χ1) is 9.04. The van der Waals surface area contributed by atoms with E-state index in [1.165, 1.54) is 13.2 Å². The molecule has 1 rings (SSSR count). The normalized spacial score (nSPS) is 10.0. The first-order valence-electron chi connectivity index (χ1n) is 5.63. The van der Waals surface area contributed by atoms with Crippen LogP contribution >= 0.6 is 0 Å². The summed E-state index contributed by atoms with van der Waals surface area (Å²) < 4.78 is 17.6. The second-order valence-electron chi connectivity index (χ2n) is 3.76. The zero-order chi connectivity index (χ0) is 14.3. The highest BCUT2D eigenvalue weighted by Gasteiger charge is 2.11. The lowest BCUT2D eigenvalue weighted by atomic mass is 10.1. The number of nitrogens with two attached hydrogens (primary N) is 1. The predicted molar refractivity (Wildman–Crippen MR) is 68.0 cm³/mol. The largest absolute Gasteiger partial charge is 0.398 e. The van der Waals surface area contributed by atoms with Gasteiger partial charge in [-0.05, 0) is 18.2 Å². The van der Waals surface area contributed by atoms with E-state index in [4.69, 9.17) is 10.5 Å². The smallest absolute Gasteiger partial charge is 0.253 e. The maximum Gasteiger partial charge on any atom is 0.253 e. The molecule has 7 heteroatoms. The lowest BCUT2D eigenvalue weighted by molar-refractivity contribution is -0.120. The Morgan fingerprint density at radius 2 is 2.11 bits per heavy atom. The number of amides is 2. The van der Waals surface area contributed by atoms with Crippen molar-refractivity contribution in [3.63, 3.8) is 0 Å². The predicted octanol–water partition coefficient (Wildman–Crippen LogP) is -0.0997. The summed E-state index contributed by atoms with van der Waals surface area (Å²) >= 11 is 0. The van der Waals surface area contributed by atoms with Crippen LogP contribution in [0.2, 0.25) is 0 Å². The number of hydrogen-bond acceptors (Lipinski definition) is 4. The maximum absolute atomic E-state index is 12.8. The van der Waals surface area contributed by atoms with Crippen molar-refractivity contribution in [3.8, 4) is 0 Å². The second kappa shape index (κ2) is 7.32. The molecule has 0 spiro atoms. The molecule has 4 N–H and O–H groups in total. The molecule has 0 unspecified atom stereocenters. The van der Waals surface area contributed by atoms with Gasteiger partial charge in [-0.2, -0.15) is 0 Å². The van der Waals surface area contributed by atoms with Crippen LogP contribution in [0.3, 0.4) is 0 Å². The Kier molecular flexibility index (Phi) is 5.74. The van der Waals surface area contributed by atoms with Gasteiger partial charge in [-0.25, -0.2) is 4.39 Å². The molecule has 0 radical (unpaired) electrons. The molecule has 0 fully saturated rings. The molecule has 0 atom stereocenters. The van der Waals surface area contributed by atoms with Crippen LogP contribution in [0.15, 0.2) is 18.2 Å². The minimum Gasteiger partial charge on any atom is -0.398 e. The van der Waals surface area contributed by atoms with Crippen molar-refractivity contribution >= 4 is 17.5 Å². The van der Waals surface area contributed by atoms with Crippen molar-refractivity contribution in [2.24, 2.45) is 0 Å². The molecule has 0 aliphatic heterocycles. The lowest BCUT2D eigenvalue weighted by Crippen LogP contribution is -2.38. The fourth-order valence-electron chi connectivity index (χ4n) is 1.35. The van der Waals surface area contributed by atoms with Gasteiger partial charge in [-0.15, -0.1) is 0 Å². The highest BCUT2D eigenvalue weighted by molar-refractivity contribution is 6.00. The number of methoxy groups -OCH3 is 1. The first-order valence-corrected chi connectivity index (χ1v) is 5.63. The molecule has 0 bridgehead atoms. The van der Waals surface area contributed by atoms with Crippen LogP contribution in [0.25, 0.3) is 0 Å². The third kappa shape index (κ3) is 4.92. The second-order valence-corrected chi connectivity index (χ2v) is 3.76. The SMILES string of the molecule is COCCNC(=O)CNC(=O)c1ccc(F)cc1N. The molecule has 0 heterocycles. The van der Waals surface area contributed by atoms with E-state index >= 15 is 0 Å². The van der Waals surface area contributed by atoms with E-state index in [1.807, 2.05) is 0 Å². The van der Waals surface area contributed by atoms with Gasteiger partial charge < -0.3 is 21.1 Å². The molecule has 1 aromatic rings. The molecule has 2 amide bonds. The third-order valence-electron chi connectivity index (χ3n) is 2.30. The number of ether oxygens (including phenoxy) is 1. The van der Waals surface area contributed by atoms with Crippen LogP contribution in [-0.4, -0.2) is 38.6 Å². The average Bonchev–Trinajstić information content (AvgIpc) is 2.36. The number of nitrogen functional groups attached to an aromatic ring is 1. The van der Waals surface area contributed by atoms with Gasteiger partial charge in [0.15, 0.2) is 0 Å². The standard InChI is InChI=1S/C12H16FN3O3/c1-19-5-4-15-11(17)7-16-12(18)9-3-2-8(13)6-10(9)14/h2-3,6H,4-5,7,14H2,1H3,(H,15,17)(H,16,18). The minimum absolute atomic E-state index is 0.0253. The minimum atomic E-state index is -0.528. The van der Waals surface area contributed by atoms with E-state index in [0.29, 0.717) is 13.2 Å². The number of nitrogens with one attached hydrogen (secondary N) is 2. The summed E-state index contributed by atoms with van der Waals surface area (Å²) in [5.41, 5.74) is 5.66. The lowest BCUT2D eigenvalue weighted by Gasteiger charge is -2.08. The Morgan fingerprint density at radius 1 is 1.37 bits per heavy atom. The van der Waals surface area contributed by atoms with Gasteiger partial charge in [0.1, 0.15) is 5.82 Å². The summed E-state index contributed by atoms with van der Waals surface area (Å²) in [6.07, 6.45) is 0. The van der Waals surface area contributed by atoms with Crippen molar-refractivity contribution in [3.05, 3.63) is 29.6 Å². The third-order valence-corrected chi connectivity index (χ3v) is 2.30. The molecule has 0 aliphatic carbocycles. The van der Waals surface area contributed by atoms with E-state index in [2.05, 4.69) is 10.6 Å². The number of hydrogen-bond donors (Lipinski definition) is 3. The molecular weight excluding hydrogens is 253 g/mol. The first kappa shape index (κ1) is 14.9.